The maximum atomic E-state index is 12.0. The highest BCUT2D eigenvalue weighted by Gasteiger charge is 2.14. The van der Waals surface area contributed by atoms with Gasteiger partial charge in [-0.25, -0.2) is 0 Å². The molecule has 2 aromatic rings. The molecular formula is C15H12Cl2N2O4. The summed E-state index contributed by atoms with van der Waals surface area (Å²) in [6.45, 7) is 0.521. The van der Waals surface area contributed by atoms with Crippen LogP contribution in [0.15, 0.2) is 42.5 Å². The Kier molecular flexibility index (Phi) is 5.78. The first-order chi connectivity index (χ1) is 11.0. The van der Waals surface area contributed by atoms with Crippen LogP contribution < -0.4 is 10.1 Å². The first kappa shape index (κ1) is 17.1. The molecule has 0 aliphatic carbocycles. The fourth-order valence-corrected chi connectivity index (χ4v) is 2.15. The summed E-state index contributed by atoms with van der Waals surface area (Å²) < 4.78 is 5.43. The van der Waals surface area contributed by atoms with Crippen LogP contribution in [0.25, 0.3) is 0 Å². The van der Waals surface area contributed by atoms with Gasteiger partial charge < -0.3 is 10.1 Å². The van der Waals surface area contributed by atoms with Crippen LogP contribution in [0.1, 0.15) is 10.4 Å². The Labute approximate surface area is 142 Å². The van der Waals surface area contributed by atoms with Crippen LogP contribution >= 0.6 is 23.2 Å². The molecular weight excluding hydrogens is 343 g/mol. The van der Waals surface area contributed by atoms with Crippen LogP contribution in [0.2, 0.25) is 10.0 Å². The number of ether oxygens (including phenoxy) is 1. The third kappa shape index (κ3) is 4.84. The van der Waals surface area contributed by atoms with Gasteiger partial charge >= 0.3 is 0 Å². The van der Waals surface area contributed by atoms with Crippen LogP contribution in [-0.4, -0.2) is 24.0 Å². The molecule has 0 fully saturated rings. The van der Waals surface area contributed by atoms with Crippen molar-refractivity contribution in [3.8, 4) is 5.75 Å². The van der Waals surface area contributed by atoms with E-state index < -0.39 is 10.8 Å². The zero-order valence-electron chi connectivity index (χ0n) is 11.8. The standard InChI is InChI=1S/C15H12Cl2N2O4/c16-10-1-4-12(5-2-10)23-8-7-18-15(20)13-6-3-11(19(21)22)9-14(13)17/h1-6,9H,7-8H2,(H,18,20). The monoisotopic (exact) mass is 354 g/mol. The Morgan fingerprint density at radius 3 is 2.48 bits per heavy atom. The van der Waals surface area contributed by atoms with Crippen molar-refractivity contribution in [2.24, 2.45) is 0 Å². The van der Waals surface area contributed by atoms with E-state index in [1.807, 2.05) is 0 Å². The van der Waals surface area contributed by atoms with E-state index in [-0.39, 0.29) is 29.4 Å². The van der Waals surface area contributed by atoms with Gasteiger partial charge in [-0.15, -0.1) is 0 Å². The van der Waals surface area contributed by atoms with Crippen molar-refractivity contribution < 1.29 is 14.5 Å². The van der Waals surface area contributed by atoms with Crippen LogP contribution in [0, 0.1) is 10.1 Å². The molecule has 0 bridgehead atoms. The van der Waals surface area contributed by atoms with Crippen LogP contribution in [0.5, 0.6) is 5.75 Å². The largest absolute Gasteiger partial charge is 0.492 e. The summed E-state index contributed by atoms with van der Waals surface area (Å²) in [7, 11) is 0. The summed E-state index contributed by atoms with van der Waals surface area (Å²) in [4.78, 5) is 22.0. The third-order valence-corrected chi connectivity index (χ3v) is 3.44. The van der Waals surface area contributed by atoms with Gasteiger partial charge in [-0.1, -0.05) is 23.2 Å². The van der Waals surface area contributed by atoms with Crippen molar-refractivity contribution in [3.05, 3.63) is 68.2 Å². The highest BCUT2D eigenvalue weighted by Crippen LogP contribution is 2.22. The Morgan fingerprint density at radius 1 is 1.17 bits per heavy atom. The fourth-order valence-electron chi connectivity index (χ4n) is 1.76. The van der Waals surface area contributed by atoms with E-state index in [1.54, 1.807) is 24.3 Å². The van der Waals surface area contributed by atoms with E-state index in [9.17, 15) is 14.9 Å². The second-order valence-electron chi connectivity index (χ2n) is 4.48. The second kappa shape index (κ2) is 7.80. The first-order valence-electron chi connectivity index (χ1n) is 6.58. The van der Waals surface area contributed by atoms with E-state index in [2.05, 4.69) is 5.32 Å². The summed E-state index contributed by atoms with van der Waals surface area (Å²) >= 11 is 11.6. The van der Waals surface area contributed by atoms with E-state index in [0.717, 1.165) is 6.07 Å². The molecule has 0 saturated carbocycles. The van der Waals surface area contributed by atoms with Gasteiger partial charge in [0.2, 0.25) is 0 Å². The van der Waals surface area contributed by atoms with E-state index in [0.29, 0.717) is 10.8 Å². The Balaban J connectivity index is 1.85. The zero-order chi connectivity index (χ0) is 16.8. The van der Waals surface area contributed by atoms with Gasteiger partial charge in [-0.3, -0.25) is 14.9 Å². The average Bonchev–Trinajstić information content (AvgIpc) is 2.52. The van der Waals surface area contributed by atoms with Gasteiger partial charge in [0.15, 0.2) is 0 Å². The van der Waals surface area contributed by atoms with Crippen molar-refractivity contribution >= 4 is 34.8 Å². The number of benzene rings is 2. The average molecular weight is 355 g/mol. The minimum Gasteiger partial charge on any atom is -0.492 e. The molecule has 0 aliphatic rings. The smallest absolute Gasteiger partial charge is 0.270 e. The topological polar surface area (TPSA) is 81.5 Å². The van der Waals surface area contributed by atoms with Crippen molar-refractivity contribution in [3.63, 3.8) is 0 Å². The fraction of sp³-hybridized carbons (Fsp3) is 0.133. The number of nitrogens with one attached hydrogen (secondary N) is 1. The molecule has 1 N–H and O–H groups in total. The summed E-state index contributed by atoms with van der Waals surface area (Å²) in [5, 5.41) is 13.9. The summed E-state index contributed by atoms with van der Waals surface area (Å²) in [6, 6.07) is 10.5. The molecule has 0 saturated heterocycles. The summed E-state index contributed by atoms with van der Waals surface area (Å²) in [5.74, 6) is 0.210. The number of carbonyl (C=O) groups is 1. The van der Waals surface area contributed by atoms with Crippen LogP contribution in [-0.2, 0) is 0 Å². The maximum Gasteiger partial charge on any atom is 0.270 e. The molecule has 0 aromatic heterocycles. The van der Waals surface area contributed by atoms with Crippen molar-refractivity contribution in [2.45, 2.75) is 0 Å². The van der Waals surface area contributed by atoms with E-state index >= 15 is 0 Å². The molecule has 0 atom stereocenters. The number of nitro benzene ring substituents is 1. The number of carbonyl (C=O) groups excluding carboxylic acids is 1. The number of nitro groups is 1. The molecule has 0 radical (unpaired) electrons. The lowest BCUT2D eigenvalue weighted by Gasteiger charge is -2.08. The minimum atomic E-state index is -0.576. The van der Waals surface area contributed by atoms with Crippen LogP contribution in [0.4, 0.5) is 5.69 Å². The number of rotatable bonds is 6. The molecule has 2 aromatic carbocycles. The third-order valence-electron chi connectivity index (χ3n) is 2.88. The lowest BCUT2D eigenvalue weighted by atomic mass is 10.2. The van der Waals surface area contributed by atoms with Gasteiger partial charge in [0.05, 0.1) is 22.1 Å². The minimum absolute atomic E-state index is 0.0234. The predicted octanol–water partition coefficient (Wildman–Crippen LogP) is 3.71. The number of amides is 1. The molecule has 0 heterocycles. The number of hydrogen-bond acceptors (Lipinski definition) is 4. The van der Waals surface area contributed by atoms with Crippen molar-refractivity contribution in [1.82, 2.24) is 5.32 Å². The summed E-state index contributed by atoms with van der Waals surface area (Å²) in [5.41, 5.74) is 0.00128. The Morgan fingerprint density at radius 2 is 1.87 bits per heavy atom. The molecule has 0 spiro atoms. The molecule has 0 aliphatic heterocycles. The second-order valence-corrected chi connectivity index (χ2v) is 5.32. The summed E-state index contributed by atoms with van der Waals surface area (Å²) in [6.07, 6.45) is 0. The number of non-ortho nitro benzene ring substituents is 1. The molecule has 8 heteroatoms. The highest BCUT2D eigenvalue weighted by atomic mass is 35.5. The lowest BCUT2D eigenvalue weighted by molar-refractivity contribution is -0.384. The first-order valence-corrected chi connectivity index (χ1v) is 7.33. The molecule has 120 valence electrons. The van der Waals surface area contributed by atoms with Gasteiger partial charge in [0, 0.05) is 17.2 Å². The lowest BCUT2D eigenvalue weighted by Crippen LogP contribution is -2.28. The number of nitrogens with zero attached hydrogens (tertiary/aromatic N) is 1. The van der Waals surface area contributed by atoms with E-state index in [1.165, 1.54) is 12.1 Å². The van der Waals surface area contributed by atoms with Gasteiger partial charge in [0.25, 0.3) is 11.6 Å². The normalized spacial score (nSPS) is 10.2. The van der Waals surface area contributed by atoms with Crippen LogP contribution in [0.3, 0.4) is 0 Å². The number of hydrogen-bond donors (Lipinski definition) is 1. The zero-order valence-corrected chi connectivity index (χ0v) is 13.3. The Bertz CT molecular complexity index is 720. The van der Waals surface area contributed by atoms with Crippen molar-refractivity contribution in [2.75, 3.05) is 13.2 Å². The van der Waals surface area contributed by atoms with E-state index in [4.69, 9.17) is 27.9 Å². The van der Waals surface area contributed by atoms with Gasteiger partial charge in [-0.2, -0.15) is 0 Å². The SMILES string of the molecule is O=C(NCCOc1ccc(Cl)cc1)c1ccc([N+](=O)[O-])cc1Cl. The highest BCUT2D eigenvalue weighted by molar-refractivity contribution is 6.34. The maximum absolute atomic E-state index is 12.0. The van der Waals surface area contributed by atoms with Gasteiger partial charge in [-0.05, 0) is 30.3 Å². The molecule has 0 unspecified atom stereocenters. The molecule has 23 heavy (non-hydrogen) atoms. The van der Waals surface area contributed by atoms with Gasteiger partial charge in [0.1, 0.15) is 12.4 Å². The predicted molar refractivity (Wildman–Crippen MR) is 87.4 cm³/mol. The molecule has 6 nitrogen and oxygen atoms in total. The quantitative estimate of drug-likeness (QED) is 0.487. The number of halogens is 2. The Hall–Kier alpha value is -2.31. The van der Waals surface area contributed by atoms with Crippen molar-refractivity contribution in [1.29, 1.82) is 0 Å². The molecule has 1 amide bonds. The molecule has 2 rings (SSSR count).